The van der Waals surface area contributed by atoms with Crippen molar-refractivity contribution in [3.05, 3.63) is 54.4 Å². The molecule has 0 bridgehead atoms. The zero-order chi connectivity index (χ0) is 13.7. The summed E-state index contributed by atoms with van der Waals surface area (Å²) in [5.41, 5.74) is 0.396. The summed E-state index contributed by atoms with van der Waals surface area (Å²) in [6.45, 7) is -4.65. The quantitative estimate of drug-likeness (QED) is 0.712. The van der Waals surface area contributed by atoms with E-state index in [0.29, 0.717) is 13.0 Å². The van der Waals surface area contributed by atoms with Gasteiger partial charge in [-0.05, 0) is 29.8 Å². The van der Waals surface area contributed by atoms with E-state index in [-0.39, 0.29) is 57.1 Å². The van der Waals surface area contributed by atoms with E-state index in [2.05, 4.69) is 4.98 Å². The summed E-state index contributed by atoms with van der Waals surface area (Å²) in [6, 6.07) is 8.66. The van der Waals surface area contributed by atoms with Gasteiger partial charge in [-0.1, -0.05) is 12.1 Å². The molecule has 0 saturated carbocycles. The molecule has 1 heterocycles. The van der Waals surface area contributed by atoms with Gasteiger partial charge in [0.15, 0.2) is 0 Å². The Hall–Kier alpha value is -0.339. The molecule has 0 N–H and O–H groups in total. The fraction of sp³-hybridized carbons (Fsp3) is 0.154. The van der Waals surface area contributed by atoms with Crippen LogP contribution in [0, 0.1) is 0 Å². The standard InChI is InChI=1S/C13H12BF3NO.K/c15-14(16,17)12-2-1-3-13(10-12)19-9-6-11-4-7-18-8-5-11;/h1-5,7-8,10H,6,9H2;/q-1;+1. The summed E-state index contributed by atoms with van der Waals surface area (Å²) < 4.78 is 43.0. The van der Waals surface area contributed by atoms with Gasteiger partial charge in [-0.25, -0.2) is 0 Å². The minimum absolute atomic E-state index is 0. The Balaban J connectivity index is 0.00000200. The Bertz CT molecular complexity index is 537. The van der Waals surface area contributed by atoms with Crippen molar-refractivity contribution in [2.75, 3.05) is 6.61 Å². The third kappa shape index (κ3) is 5.57. The molecule has 0 amide bonds. The largest absolute Gasteiger partial charge is 1.00 e. The molecule has 2 rings (SSSR count). The van der Waals surface area contributed by atoms with Gasteiger partial charge < -0.3 is 17.7 Å². The van der Waals surface area contributed by atoms with Crippen molar-refractivity contribution < 1.29 is 69.1 Å². The Morgan fingerprint density at radius 2 is 1.75 bits per heavy atom. The molecule has 0 aliphatic rings. The maximum Gasteiger partial charge on any atom is 1.00 e. The molecule has 1 aromatic carbocycles. The number of halogens is 3. The summed E-state index contributed by atoms with van der Waals surface area (Å²) >= 11 is 0. The summed E-state index contributed by atoms with van der Waals surface area (Å²) in [7, 11) is 0. The maximum absolute atomic E-state index is 12.6. The van der Waals surface area contributed by atoms with E-state index in [1.54, 1.807) is 12.4 Å². The van der Waals surface area contributed by atoms with Gasteiger partial charge in [-0.3, -0.25) is 4.98 Å². The number of pyridine rings is 1. The van der Waals surface area contributed by atoms with Crippen LogP contribution in [0.25, 0.3) is 0 Å². The zero-order valence-corrected chi connectivity index (χ0v) is 14.2. The van der Waals surface area contributed by atoms with Gasteiger partial charge in [0, 0.05) is 18.8 Å². The minimum Gasteiger partial charge on any atom is -0.493 e. The first kappa shape index (κ1) is 17.7. The van der Waals surface area contributed by atoms with E-state index < -0.39 is 12.4 Å². The molecule has 1 aromatic heterocycles. The Morgan fingerprint density at radius 1 is 1.05 bits per heavy atom. The Kier molecular flexibility index (Phi) is 7.25. The molecule has 0 aliphatic heterocycles. The van der Waals surface area contributed by atoms with Crippen LogP contribution in [0.5, 0.6) is 5.75 Å². The van der Waals surface area contributed by atoms with Gasteiger partial charge in [0.1, 0.15) is 5.75 Å². The average Bonchev–Trinajstić information content (AvgIpc) is 2.39. The van der Waals surface area contributed by atoms with Crippen LogP contribution in [-0.4, -0.2) is 18.6 Å². The fourth-order valence-corrected chi connectivity index (χ4v) is 1.64. The Morgan fingerprint density at radius 3 is 2.40 bits per heavy atom. The second-order valence-electron chi connectivity index (χ2n) is 4.10. The van der Waals surface area contributed by atoms with Crippen molar-refractivity contribution in [2.24, 2.45) is 0 Å². The van der Waals surface area contributed by atoms with Gasteiger partial charge in [0.25, 0.3) is 0 Å². The van der Waals surface area contributed by atoms with Crippen LogP contribution in [0.1, 0.15) is 5.56 Å². The number of hydrogen-bond donors (Lipinski definition) is 0. The van der Waals surface area contributed by atoms with Crippen LogP contribution in [0.2, 0.25) is 0 Å². The van der Waals surface area contributed by atoms with Crippen LogP contribution < -0.4 is 61.6 Å². The fourth-order valence-electron chi connectivity index (χ4n) is 1.64. The van der Waals surface area contributed by atoms with Crippen LogP contribution >= 0.6 is 0 Å². The van der Waals surface area contributed by atoms with Gasteiger partial charge in [0.2, 0.25) is 0 Å². The topological polar surface area (TPSA) is 22.1 Å². The normalized spacial score (nSPS) is 10.8. The van der Waals surface area contributed by atoms with E-state index >= 15 is 0 Å². The van der Waals surface area contributed by atoms with Crippen molar-refractivity contribution in [3.8, 4) is 5.75 Å². The van der Waals surface area contributed by atoms with Crippen molar-refractivity contribution in [1.82, 2.24) is 4.98 Å². The van der Waals surface area contributed by atoms with Crippen molar-refractivity contribution in [1.29, 1.82) is 0 Å². The molecule has 0 atom stereocenters. The first-order valence-corrected chi connectivity index (χ1v) is 5.87. The average molecular weight is 305 g/mol. The molecule has 0 spiro atoms. The Labute approximate surface area is 158 Å². The third-order valence-corrected chi connectivity index (χ3v) is 2.64. The molecular formula is C13H12BF3KNO. The first-order valence-electron chi connectivity index (χ1n) is 5.87. The number of ether oxygens (including phenoxy) is 1. The SMILES string of the molecule is F[B-](F)(F)c1cccc(OCCc2ccncc2)c1.[K+]. The number of aromatic nitrogens is 1. The second-order valence-corrected chi connectivity index (χ2v) is 4.10. The first-order chi connectivity index (χ1) is 9.05. The monoisotopic (exact) mass is 305 g/mol. The van der Waals surface area contributed by atoms with Crippen LogP contribution in [0.15, 0.2) is 48.8 Å². The van der Waals surface area contributed by atoms with Crippen molar-refractivity contribution in [3.63, 3.8) is 0 Å². The zero-order valence-electron chi connectivity index (χ0n) is 11.1. The van der Waals surface area contributed by atoms with E-state index in [4.69, 9.17) is 4.74 Å². The smallest absolute Gasteiger partial charge is 0.493 e. The van der Waals surface area contributed by atoms with E-state index in [1.807, 2.05) is 12.1 Å². The number of rotatable bonds is 5. The van der Waals surface area contributed by atoms with E-state index in [0.717, 1.165) is 17.7 Å². The van der Waals surface area contributed by atoms with Gasteiger partial charge in [0.05, 0.1) is 6.61 Å². The summed E-state index contributed by atoms with van der Waals surface area (Å²) in [5.74, 6) is 0.241. The van der Waals surface area contributed by atoms with Crippen LogP contribution in [0.4, 0.5) is 12.9 Å². The summed E-state index contributed by atoms with van der Waals surface area (Å²) in [6.07, 6.45) is 3.97. The predicted molar refractivity (Wildman–Crippen MR) is 68.6 cm³/mol. The van der Waals surface area contributed by atoms with E-state index in [1.165, 1.54) is 12.1 Å². The second kappa shape index (κ2) is 8.19. The molecule has 2 nitrogen and oxygen atoms in total. The van der Waals surface area contributed by atoms with Crippen LogP contribution in [-0.2, 0) is 6.42 Å². The molecule has 20 heavy (non-hydrogen) atoms. The predicted octanol–water partition coefficient (Wildman–Crippen LogP) is -0.239. The molecule has 0 saturated heterocycles. The van der Waals surface area contributed by atoms with Gasteiger partial charge in [-0.2, -0.15) is 0 Å². The summed E-state index contributed by atoms with van der Waals surface area (Å²) in [5, 5.41) is 0. The molecule has 0 unspecified atom stereocenters. The molecular weight excluding hydrogens is 293 g/mol. The van der Waals surface area contributed by atoms with Crippen molar-refractivity contribution >= 4 is 12.4 Å². The number of nitrogens with zero attached hydrogens (tertiary/aromatic N) is 1. The van der Waals surface area contributed by atoms with Crippen molar-refractivity contribution in [2.45, 2.75) is 6.42 Å². The van der Waals surface area contributed by atoms with Gasteiger partial charge >= 0.3 is 58.4 Å². The number of benzene rings is 1. The van der Waals surface area contributed by atoms with Crippen LogP contribution in [0.3, 0.4) is 0 Å². The molecule has 0 radical (unpaired) electrons. The third-order valence-electron chi connectivity index (χ3n) is 2.64. The molecule has 0 aliphatic carbocycles. The number of hydrogen-bond acceptors (Lipinski definition) is 2. The minimum atomic E-state index is -4.98. The molecule has 7 heteroatoms. The van der Waals surface area contributed by atoms with E-state index in [9.17, 15) is 12.9 Å². The molecule has 2 aromatic rings. The maximum atomic E-state index is 12.6. The summed E-state index contributed by atoms with van der Waals surface area (Å²) in [4.78, 5) is 3.89. The molecule has 0 fully saturated rings. The van der Waals surface area contributed by atoms with Gasteiger partial charge in [-0.15, -0.1) is 5.46 Å². The molecule has 100 valence electrons.